The fraction of sp³-hybridized carbons (Fsp3) is 0.154. The fourth-order valence-electron chi connectivity index (χ4n) is 4.17. The van der Waals surface area contributed by atoms with Gasteiger partial charge in [-0.25, -0.2) is 0 Å². The van der Waals surface area contributed by atoms with Crippen molar-refractivity contribution in [2.24, 2.45) is 5.92 Å². The number of hydrogen-bond acceptors (Lipinski definition) is 5. The van der Waals surface area contributed by atoms with Crippen LogP contribution in [0.3, 0.4) is 0 Å². The summed E-state index contributed by atoms with van der Waals surface area (Å²) in [4.78, 5) is 26.6. The molecule has 0 atom stereocenters. The zero-order chi connectivity index (χ0) is 24.9. The van der Waals surface area contributed by atoms with E-state index in [2.05, 4.69) is 6.58 Å². The Morgan fingerprint density at radius 1 is 0.971 bits per heavy atom. The van der Waals surface area contributed by atoms with Gasteiger partial charge in [-0.15, -0.1) is 0 Å². The Bertz CT molecular complexity index is 1490. The van der Waals surface area contributed by atoms with Crippen LogP contribution in [0.2, 0.25) is 0 Å². The summed E-state index contributed by atoms with van der Waals surface area (Å²) in [6.07, 6.45) is 0. The number of ketones is 1. The van der Waals surface area contributed by atoms with Gasteiger partial charge in [-0.1, -0.05) is 44.7 Å². The van der Waals surface area contributed by atoms with Crippen LogP contribution in [-0.2, 0) is 10.1 Å². The molecule has 0 spiro atoms. The standard InChI is InChI=1S/C26H24N2O5S/c1-14(2)25(29)17-5-8-21-16(4)28(26(30)23(21)12-17)19-7-10-22(24(13-19)34(31,32)33)20-9-6-18(27)11-15(20)3/h5-14H,4,27H2,1-3H3,(H,31,32,33). The maximum absolute atomic E-state index is 13.3. The molecule has 0 unspecified atom stereocenters. The Labute approximate surface area is 198 Å². The van der Waals surface area contributed by atoms with E-state index in [1.54, 1.807) is 63.2 Å². The van der Waals surface area contributed by atoms with E-state index in [1.807, 2.05) is 0 Å². The SMILES string of the molecule is C=C1c2ccc(C(=O)C(C)C)cc2C(=O)N1c1ccc(-c2ccc(N)cc2C)c(S(=O)(=O)O)c1. The number of nitrogen functional groups attached to an aromatic ring is 1. The second kappa shape index (κ2) is 8.23. The first-order valence-electron chi connectivity index (χ1n) is 10.6. The minimum atomic E-state index is -4.63. The summed E-state index contributed by atoms with van der Waals surface area (Å²) in [7, 11) is -4.63. The number of hydrogen-bond donors (Lipinski definition) is 2. The molecule has 0 aliphatic carbocycles. The molecule has 1 aliphatic rings. The number of anilines is 2. The van der Waals surface area contributed by atoms with Crippen molar-refractivity contribution in [3.63, 3.8) is 0 Å². The van der Waals surface area contributed by atoms with Crippen molar-refractivity contribution in [2.75, 3.05) is 10.6 Å². The zero-order valence-corrected chi connectivity index (χ0v) is 19.8. The van der Waals surface area contributed by atoms with E-state index in [-0.39, 0.29) is 27.8 Å². The summed E-state index contributed by atoms with van der Waals surface area (Å²) < 4.78 is 34.6. The lowest BCUT2D eigenvalue weighted by Gasteiger charge is -2.20. The first-order chi connectivity index (χ1) is 15.9. The Morgan fingerprint density at radius 3 is 2.24 bits per heavy atom. The Morgan fingerprint density at radius 2 is 1.62 bits per heavy atom. The van der Waals surface area contributed by atoms with Crippen molar-refractivity contribution >= 4 is 38.9 Å². The van der Waals surface area contributed by atoms with Crippen LogP contribution in [0.1, 0.15) is 45.7 Å². The lowest BCUT2D eigenvalue weighted by Crippen LogP contribution is -2.22. The number of rotatable bonds is 5. The van der Waals surface area contributed by atoms with Crippen LogP contribution in [0.25, 0.3) is 16.8 Å². The number of aryl methyl sites for hydroxylation is 1. The molecule has 1 aliphatic heterocycles. The molecule has 4 rings (SSSR count). The highest BCUT2D eigenvalue weighted by molar-refractivity contribution is 7.86. The Balaban J connectivity index is 1.82. The van der Waals surface area contributed by atoms with Gasteiger partial charge in [0.15, 0.2) is 5.78 Å². The van der Waals surface area contributed by atoms with E-state index < -0.39 is 16.0 Å². The van der Waals surface area contributed by atoms with Crippen molar-refractivity contribution in [3.05, 3.63) is 83.4 Å². The van der Waals surface area contributed by atoms with E-state index in [0.29, 0.717) is 33.6 Å². The number of benzene rings is 3. The molecular formula is C26H24N2O5S. The highest BCUT2D eigenvalue weighted by Crippen LogP contribution is 2.40. The predicted octanol–water partition coefficient (Wildman–Crippen LogP) is 4.96. The summed E-state index contributed by atoms with van der Waals surface area (Å²) >= 11 is 0. The Kier molecular flexibility index (Phi) is 5.67. The smallest absolute Gasteiger partial charge is 0.295 e. The van der Waals surface area contributed by atoms with Crippen molar-refractivity contribution in [3.8, 4) is 11.1 Å². The van der Waals surface area contributed by atoms with E-state index in [0.717, 1.165) is 5.56 Å². The van der Waals surface area contributed by atoms with Crippen LogP contribution in [0.5, 0.6) is 0 Å². The third kappa shape index (κ3) is 3.91. The van der Waals surface area contributed by atoms with Crippen LogP contribution in [-0.4, -0.2) is 24.7 Å². The Hall–Kier alpha value is -3.75. The number of Topliss-reactive ketones (excluding diaryl/α,β-unsaturated/α-hetero) is 1. The van der Waals surface area contributed by atoms with Crippen LogP contribution in [0.4, 0.5) is 11.4 Å². The lowest BCUT2D eigenvalue weighted by atomic mass is 9.97. The number of nitrogens with two attached hydrogens (primary N) is 1. The number of fused-ring (bicyclic) bond motifs is 1. The minimum Gasteiger partial charge on any atom is -0.399 e. The van der Waals surface area contributed by atoms with Crippen molar-refractivity contribution < 1.29 is 22.6 Å². The molecule has 3 N–H and O–H groups in total. The molecule has 174 valence electrons. The molecule has 8 heteroatoms. The van der Waals surface area contributed by atoms with Crippen LogP contribution >= 0.6 is 0 Å². The quantitative estimate of drug-likeness (QED) is 0.305. The third-order valence-corrected chi connectivity index (χ3v) is 6.78. The maximum atomic E-state index is 13.3. The maximum Gasteiger partial charge on any atom is 0.295 e. The monoisotopic (exact) mass is 476 g/mol. The summed E-state index contributed by atoms with van der Waals surface area (Å²) in [5.74, 6) is -0.747. The molecule has 34 heavy (non-hydrogen) atoms. The van der Waals surface area contributed by atoms with Gasteiger partial charge < -0.3 is 5.73 Å². The van der Waals surface area contributed by atoms with Gasteiger partial charge in [-0.3, -0.25) is 19.0 Å². The largest absolute Gasteiger partial charge is 0.399 e. The first-order valence-corrected chi connectivity index (χ1v) is 12.0. The number of nitrogens with zero attached hydrogens (tertiary/aromatic N) is 1. The van der Waals surface area contributed by atoms with Crippen molar-refractivity contribution in [1.82, 2.24) is 0 Å². The molecule has 1 amide bonds. The topological polar surface area (TPSA) is 118 Å². The summed E-state index contributed by atoms with van der Waals surface area (Å²) in [6, 6.07) is 14.3. The predicted molar refractivity (Wildman–Crippen MR) is 132 cm³/mol. The van der Waals surface area contributed by atoms with Gasteiger partial charge >= 0.3 is 0 Å². The van der Waals surface area contributed by atoms with Crippen molar-refractivity contribution in [1.29, 1.82) is 0 Å². The van der Waals surface area contributed by atoms with Gasteiger partial charge in [0.1, 0.15) is 4.90 Å². The van der Waals surface area contributed by atoms with Gasteiger partial charge in [0.05, 0.1) is 16.9 Å². The highest BCUT2D eigenvalue weighted by Gasteiger charge is 2.34. The normalized spacial score (nSPS) is 13.5. The van der Waals surface area contributed by atoms with Crippen LogP contribution in [0, 0.1) is 12.8 Å². The van der Waals surface area contributed by atoms with E-state index >= 15 is 0 Å². The van der Waals surface area contributed by atoms with Gasteiger partial charge in [0.2, 0.25) is 0 Å². The molecule has 1 heterocycles. The zero-order valence-electron chi connectivity index (χ0n) is 19.0. The van der Waals surface area contributed by atoms with Crippen molar-refractivity contribution in [2.45, 2.75) is 25.7 Å². The minimum absolute atomic E-state index is 0.0865. The number of amides is 1. The van der Waals surface area contributed by atoms with Crippen LogP contribution in [0.15, 0.2) is 66.1 Å². The van der Waals surface area contributed by atoms with Gasteiger partial charge in [0.25, 0.3) is 16.0 Å². The first kappa shape index (κ1) is 23.4. The molecule has 0 radical (unpaired) electrons. The molecule has 0 saturated carbocycles. The third-order valence-electron chi connectivity index (χ3n) is 5.88. The molecular weight excluding hydrogens is 452 g/mol. The van der Waals surface area contributed by atoms with Gasteiger partial charge in [0, 0.05) is 28.3 Å². The van der Waals surface area contributed by atoms with Gasteiger partial charge in [-0.2, -0.15) is 8.42 Å². The molecule has 0 aromatic heterocycles. The molecule has 0 saturated heterocycles. The second-order valence-electron chi connectivity index (χ2n) is 8.60. The fourth-order valence-corrected chi connectivity index (χ4v) is 4.90. The highest BCUT2D eigenvalue weighted by atomic mass is 32.2. The van der Waals surface area contributed by atoms with E-state index in [4.69, 9.17) is 5.73 Å². The summed E-state index contributed by atoms with van der Waals surface area (Å²) in [6.45, 7) is 9.35. The number of carbonyl (C=O) groups excluding carboxylic acids is 2. The molecule has 0 fully saturated rings. The molecule has 0 bridgehead atoms. The average molecular weight is 477 g/mol. The second-order valence-corrected chi connectivity index (χ2v) is 9.99. The summed E-state index contributed by atoms with van der Waals surface area (Å²) in [5, 5.41) is 0. The van der Waals surface area contributed by atoms with E-state index in [1.165, 1.54) is 17.0 Å². The van der Waals surface area contributed by atoms with Gasteiger partial charge in [-0.05, 0) is 48.4 Å². The average Bonchev–Trinajstić information content (AvgIpc) is 3.02. The molecule has 3 aromatic carbocycles. The number of carbonyl (C=O) groups is 2. The molecule has 7 nitrogen and oxygen atoms in total. The molecule has 3 aromatic rings. The summed E-state index contributed by atoms with van der Waals surface area (Å²) in [5.41, 5.74) is 9.79. The van der Waals surface area contributed by atoms with Crippen LogP contribution < -0.4 is 10.6 Å². The lowest BCUT2D eigenvalue weighted by molar-refractivity contribution is 0.0939. The van der Waals surface area contributed by atoms with E-state index in [9.17, 15) is 22.6 Å².